The van der Waals surface area contributed by atoms with Crippen LogP contribution >= 0.6 is 0 Å². The minimum absolute atomic E-state index is 0.140. The smallest absolute Gasteiger partial charge is 0.337 e. The van der Waals surface area contributed by atoms with Crippen LogP contribution in [0.3, 0.4) is 0 Å². The number of amides is 1. The van der Waals surface area contributed by atoms with E-state index in [2.05, 4.69) is 19.5 Å². The quantitative estimate of drug-likeness (QED) is 0.639. The van der Waals surface area contributed by atoms with Gasteiger partial charge in [0.15, 0.2) is 0 Å². The van der Waals surface area contributed by atoms with Crippen LogP contribution in [-0.2, 0) is 24.3 Å². The summed E-state index contributed by atoms with van der Waals surface area (Å²) in [6.07, 6.45) is 0. The third-order valence-electron chi connectivity index (χ3n) is 2.86. The van der Waals surface area contributed by atoms with Crippen molar-refractivity contribution in [3.05, 3.63) is 29.3 Å². The molecule has 0 bridgehead atoms. The maximum Gasteiger partial charge on any atom is 0.337 e. The molecule has 0 aliphatic carbocycles. The average molecular weight is 358 g/mol. The Bertz CT molecular complexity index is 709. The van der Waals surface area contributed by atoms with Gasteiger partial charge in [-0.05, 0) is 25.1 Å². The van der Waals surface area contributed by atoms with Crippen molar-refractivity contribution in [3.63, 3.8) is 0 Å². The molecule has 9 nitrogen and oxygen atoms in total. The molecular weight excluding hydrogens is 340 g/mol. The molecule has 24 heavy (non-hydrogen) atoms. The van der Waals surface area contributed by atoms with Crippen molar-refractivity contribution in [2.75, 3.05) is 27.3 Å². The summed E-state index contributed by atoms with van der Waals surface area (Å²) in [7, 11) is -1.89. The molecule has 1 rings (SSSR count). The standard InChI is InChI=1S/C14H18N2O7S/c1-4-15-12(17)8-16-24(20,21)11-6-9(13(18)22-2)5-10(7-11)14(19)23-3/h5-7,16H,4,8H2,1-3H3,(H,15,17). The van der Waals surface area contributed by atoms with Gasteiger partial charge >= 0.3 is 11.9 Å². The lowest BCUT2D eigenvalue weighted by atomic mass is 10.1. The van der Waals surface area contributed by atoms with E-state index >= 15 is 0 Å². The summed E-state index contributed by atoms with van der Waals surface area (Å²) in [6, 6.07) is 3.23. The SMILES string of the molecule is CCNC(=O)CNS(=O)(=O)c1cc(C(=O)OC)cc(C(=O)OC)c1. The maximum absolute atomic E-state index is 12.3. The second-order valence-corrected chi connectivity index (χ2v) is 6.27. The van der Waals surface area contributed by atoms with Gasteiger partial charge in [-0.15, -0.1) is 0 Å². The number of benzene rings is 1. The first kappa shape index (κ1) is 19.6. The van der Waals surface area contributed by atoms with Crippen LogP contribution in [0, 0.1) is 0 Å². The molecule has 0 radical (unpaired) electrons. The molecular formula is C14H18N2O7S. The molecule has 0 aromatic heterocycles. The highest BCUT2D eigenvalue weighted by Crippen LogP contribution is 2.17. The molecule has 0 unspecified atom stereocenters. The summed E-state index contributed by atoms with van der Waals surface area (Å²) < 4.78 is 35.7. The number of hydrogen-bond acceptors (Lipinski definition) is 7. The molecule has 1 amide bonds. The largest absolute Gasteiger partial charge is 0.465 e. The van der Waals surface area contributed by atoms with E-state index in [9.17, 15) is 22.8 Å². The fraction of sp³-hybridized carbons (Fsp3) is 0.357. The number of rotatable bonds is 7. The van der Waals surface area contributed by atoms with Crippen LogP contribution in [0.5, 0.6) is 0 Å². The van der Waals surface area contributed by atoms with E-state index in [-0.39, 0.29) is 16.0 Å². The van der Waals surface area contributed by atoms with Gasteiger partial charge in [0.2, 0.25) is 15.9 Å². The van der Waals surface area contributed by atoms with Crippen LogP contribution in [0.15, 0.2) is 23.1 Å². The van der Waals surface area contributed by atoms with Crippen LogP contribution in [-0.4, -0.2) is 53.6 Å². The number of ether oxygens (including phenoxy) is 2. The lowest BCUT2D eigenvalue weighted by Crippen LogP contribution is -2.36. The van der Waals surface area contributed by atoms with E-state index in [4.69, 9.17) is 0 Å². The molecule has 2 N–H and O–H groups in total. The summed E-state index contributed by atoms with van der Waals surface area (Å²) in [6.45, 7) is 1.56. The van der Waals surface area contributed by atoms with Crippen LogP contribution < -0.4 is 10.0 Å². The van der Waals surface area contributed by atoms with Crippen molar-refractivity contribution in [3.8, 4) is 0 Å². The number of methoxy groups -OCH3 is 2. The zero-order chi connectivity index (χ0) is 18.3. The normalized spacial score (nSPS) is 10.8. The van der Waals surface area contributed by atoms with Gasteiger partial charge in [-0.1, -0.05) is 0 Å². The van der Waals surface area contributed by atoms with Gasteiger partial charge in [0.25, 0.3) is 0 Å². The molecule has 0 aliphatic rings. The number of likely N-dealkylation sites (N-methyl/N-ethyl adjacent to an activating group) is 1. The van der Waals surface area contributed by atoms with E-state index < -0.39 is 34.4 Å². The van der Waals surface area contributed by atoms with Gasteiger partial charge < -0.3 is 14.8 Å². The van der Waals surface area contributed by atoms with Crippen molar-refractivity contribution < 1.29 is 32.3 Å². The monoisotopic (exact) mass is 358 g/mol. The lowest BCUT2D eigenvalue weighted by Gasteiger charge is -2.10. The second kappa shape index (κ2) is 8.41. The first-order valence-electron chi connectivity index (χ1n) is 6.83. The van der Waals surface area contributed by atoms with Crippen molar-refractivity contribution in [1.82, 2.24) is 10.0 Å². The fourth-order valence-electron chi connectivity index (χ4n) is 1.73. The number of carbonyl (C=O) groups excluding carboxylic acids is 3. The Hall–Kier alpha value is -2.46. The zero-order valence-corrected chi connectivity index (χ0v) is 14.2. The summed E-state index contributed by atoms with van der Waals surface area (Å²) in [5, 5.41) is 2.43. The Morgan fingerprint density at radius 2 is 1.50 bits per heavy atom. The lowest BCUT2D eigenvalue weighted by molar-refractivity contribution is -0.119. The number of esters is 2. The molecule has 0 heterocycles. The van der Waals surface area contributed by atoms with Crippen molar-refractivity contribution in [2.24, 2.45) is 0 Å². The first-order chi connectivity index (χ1) is 11.2. The number of carbonyl (C=O) groups is 3. The van der Waals surface area contributed by atoms with Gasteiger partial charge in [-0.3, -0.25) is 4.79 Å². The number of nitrogens with one attached hydrogen (secondary N) is 2. The number of sulfonamides is 1. The van der Waals surface area contributed by atoms with E-state index in [1.165, 1.54) is 0 Å². The highest BCUT2D eigenvalue weighted by atomic mass is 32.2. The third kappa shape index (κ3) is 5.03. The first-order valence-corrected chi connectivity index (χ1v) is 8.31. The third-order valence-corrected chi connectivity index (χ3v) is 4.24. The minimum Gasteiger partial charge on any atom is -0.465 e. The molecule has 1 aromatic rings. The summed E-state index contributed by atoms with van der Waals surface area (Å²) in [4.78, 5) is 34.3. The fourth-order valence-corrected chi connectivity index (χ4v) is 2.78. The highest BCUT2D eigenvalue weighted by Gasteiger charge is 2.21. The van der Waals surface area contributed by atoms with E-state index in [1.54, 1.807) is 6.92 Å². The van der Waals surface area contributed by atoms with Crippen molar-refractivity contribution in [1.29, 1.82) is 0 Å². The Morgan fingerprint density at radius 1 is 1.00 bits per heavy atom. The van der Waals surface area contributed by atoms with Gasteiger partial charge in [-0.25, -0.2) is 22.7 Å². The Balaban J connectivity index is 3.22. The van der Waals surface area contributed by atoms with Gasteiger partial charge in [0.05, 0.1) is 36.8 Å². The van der Waals surface area contributed by atoms with Gasteiger partial charge in [0.1, 0.15) is 0 Å². The molecule has 10 heteroatoms. The Kier molecular flexibility index (Phi) is 6.86. The Morgan fingerprint density at radius 3 is 1.92 bits per heavy atom. The van der Waals surface area contributed by atoms with E-state index in [1.807, 2.05) is 0 Å². The summed E-state index contributed by atoms with van der Waals surface area (Å²) >= 11 is 0. The molecule has 0 fully saturated rings. The average Bonchev–Trinajstić information content (AvgIpc) is 2.58. The van der Waals surface area contributed by atoms with Crippen LogP contribution in [0.2, 0.25) is 0 Å². The summed E-state index contributed by atoms with van der Waals surface area (Å²) in [5.74, 6) is -2.15. The minimum atomic E-state index is -4.13. The van der Waals surface area contributed by atoms with E-state index in [0.717, 1.165) is 32.4 Å². The predicted molar refractivity (Wildman–Crippen MR) is 83.0 cm³/mol. The second-order valence-electron chi connectivity index (χ2n) is 4.51. The van der Waals surface area contributed by atoms with Crippen LogP contribution in [0.4, 0.5) is 0 Å². The van der Waals surface area contributed by atoms with Crippen molar-refractivity contribution in [2.45, 2.75) is 11.8 Å². The summed E-state index contributed by atoms with van der Waals surface area (Å²) in [5.41, 5.74) is -0.280. The maximum atomic E-state index is 12.3. The highest BCUT2D eigenvalue weighted by molar-refractivity contribution is 7.89. The Labute approximate surface area is 139 Å². The van der Waals surface area contributed by atoms with Gasteiger partial charge in [-0.2, -0.15) is 0 Å². The molecule has 0 saturated carbocycles. The molecule has 1 aromatic carbocycles. The van der Waals surface area contributed by atoms with E-state index in [0.29, 0.717) is 6.54 Å². The molecule has 0 saturated heterocycles. The number of hydrogen-bond donors (Lipinski definition) is 2. The van der Waals surface area contributed by atoms with Crippen LogP contribution in [0.25, 0.3) is 0 Å². The zero-order valence-electron chi connectivity index (χ0n) is 13.4. The molecule has 0 aliphatic heterocycles. The molecule has 0 atom stereocenters. The predicted octanol–water partition coefficient (Wildman–Crippen LogP) is -0.326. The van der Waals surface area contributed by atoms with Crippen molar-refractivity contribution >= 4 is 27.9 Å². The molecule has 0 spiro atoms. The topological polar surface area (TPSA) is 128 Å². The van der Waals surface area contributed by atoms with Crippen LogP contribution in [0.1, 0.15) is 27.6 Å². The molecule has 132 valence electrons. The van der Waals surface area contributed by atoms with Gasteiger partial charge in [0, 0.05) is 6.54 Å².